The number of ether oxygens (including phenoxy) is 2. The minimum atomic E-state index is -0.665. The van der Waals surface area contributed by atoms with E-state index >= 15 is 0 Å². The maximum Gasteiger partial charge on any atom is 0.205 e. The van der Waals surface area contributed by atoms with E-state index in [1.807, 2.05) is 32.0 Å². The zero-order chi connectivity index (χ0) is 16.7. The molecule has 0 bridgehead atoms. The summed E-state index contributed by atoms with van der Waals surface area (Å²) in [4.78, 5) is 0. The highest BCUT2D eigenvalue weighted by Crippen LogP contribution is 2.38. The normalized spacial score (nSPS) is 15.8. The monoisotopic (exact) mass is 320 g/mol. The van der Waals surface area contributed by atoms with Crippen molar-refractivity contribution in [2.75, 3.05) is 0 Å². The Morgan fingerprint density at radius 1 is 0.958 bits per heavy atom. The van der Waals surface area contributed by atoms with Gasteiger partial charge in [0.1, 0.15) is 5.75 Å². The van der Waals surface area contributed by atoms with Gasteiger partial charge in [-0.15, -0.1) is 0 Å². The predicted molar refractivity (Wildman–Crippen MR) is 94.8 cm³/mol. The molecule has 1 aliphatic rings. The van der Waals surface area contributed by atoms with Crippen LogP contribution in [0.3, 0.4) is 0 Å². The molecule has 0 atom stereocenters. The van der Waals surface area contributed by atoms with Crippen LogP contribution in [-0.4, -0.2) is 10.9 Å². The van der Waals surface area contributed by atoms with Crippen LogP contribution in [0.1, 0.15) is 25.0 Å². The maximum absolute atomic E-state index is 9.79. The summed E-state index contributed by atoms with van der Waals surface area (Å²) in [6, 6.07) is 18.8. The third-order valence-corrected chi connectivity index (χ3v) is 4.42. The Morgan fingerprint density at radius 3 is 2.54 bits per heavy atom. The molecule has 1 heterocycles. The SMILES string of the molecule is CC1(C)OCc2cc(-c3ccc4ccccc4c3)cc(CO)c2O1. The first kappa shape index (κ1) is 15.2. The van der Waals surface area contributed by atoms with Crippen molar-refractivity contribution in [3.63, 3.8) is 0 Å². The summed E-state index contributed by atoms with van der Waals surface area (Å²) in [5.41, 5.74) is 3.96. The zero-order valence-corrected chi connectivity index (χ0v) is 13.9. The average Bonchev–Trinajstić information content (AvgIpc) is 2.60. The van der Waals surface area contributed by atoms with Crippen molar-refractivity contribution in [2.45, 2.75) is 32.8 Å². The van der Waals surface area contributed by atoms with Crippen molar-refractivity contribution >= 4 is 10.8 Å². The van der Waals surface area contributed by atoms with Crippen LogP contribution in [0, 0.1) is 0 Å². The Labute approximate surface area is 141 Å². The van der Waals surface area contributed by atoms with Crippen molar-refractivity contribution < 1.29 is 14.6 Å². The first-order valence-corrected chi connectivity index (χ1v) is 8.14. The molecule has 0 spiro atoms. The van der Waals surface area contributed by atoms with E-state index in [4.69, 9.17) is 9.47 Å². The van der Waals surface area contributed by atoms with Crippen molar-refractivity contribution in [1.82, 2.24) is 0 Å². The average molecular weight is 320 g/mol. The fraction of sp³-hybridized carbons (Fsp3) is 0.238. The molecule has 3 aromatic rings. The number of rotatable bonds is 2. The van der Waals surface area contributed by atoms with Crippen LogP contribution in [0.4, 0.5) is 0 Å². The van der Waals surface area contributed by atoms with Crippen LogP contribution in [0.15, 0.2) is 54.6 Å². The lowest BCUT2D eigenvalue weighted by Gasteiger charge is -2.34. The molecule has 4 rings (SSSR count). The molecule has 3 aromatic carbocycles. The van der Waals surface area contributed by atoms with Gasteiger partial charge in [0.05, 0.1) is 13.2 Å². The second kappa shape index (κ2) is 5.62. The fourth-order valence-electron chi connectivity index (χ4n) is 3.17. The summed E-state index contributed by atoms with van der Waals surface area (Å²) in [5, 5.41) is 12.2. The van der Waals surface area contributed by atoms with E-state index in [2.05, 4.69) is 36.4 Å². The highest BCUT2D eigenvalue weighted by molar-refractivity contribution is 5.87. The van der Waals surface area contributed by atoms with E-state index in [0.29, 0.717) is 6.61 Å². The zero-order valence-electron chi connectivity index (χ0n) is 13.9. The molecule has 0 fully saturated rings. The quantitative estimate of drug-likeness (QED) is 0.747. The van der Waals surface area contributed by atoms with Crippen LogP contribution in [0.2, 0.25) is 0 Å². The predicted octanol–water partition coefficient (Wildman–Crippen LogP) is 4.64. The molecule has 0 unspecified atom stereocenters. The second-order valence-corrected chi connectivity index (χ2v) is 6.63. The van der Waals surface area contributed by atoms with Gasteiger partial charge in [-0.1, -0.05) is 36.4 Å². The van der Waals surface area contributed by atoms with Gasteiger partial charge in [-0.05, 0) is 40.1 Å². The summed E-state index contributed by atoms with van der Waals surface area (Å²) in [6.07, 6.45) is 0. The summed E-state index contributed by atoms with van der Waals surface area (Å²) in [5.74, 6) is 0.0831. The van der Waals surface area contributed by atoms with Gasteiger partial charge in [0.25, 0.3) is 0 Å². The van der Waals surface area contributed by atoms with Gasteiger partial charge in [-0.2, -0.15) is 0 Å². The van der Waals surface area contributed by atoms with Gasteiger partial charge in [-0.3, -0.25) is 0 Å². The van der Waals surface area contributed by atoms with E-state index in [-0.39, 0.29) is 6.61 Å². The number of fused-ring (bicyclic) bond motifs is 2. The van der Waals surface area contributed by atoms with Crippen LogP contribution in [0.5, 0.6) is 5.75 Å². The highest BCUT2D eigenvalue weighted by Gasteiger charge is 2.29. The second-order valence-electron chi connectivity index (χ2n) is 6.63. The summed E-state index contributed by atoms with van der Waals surface area (Å²) < 4.78 is 11.7. The molecule has 0 aromatic heterocycles. The molecule has 0 saturated heterocycles. The van der Waals surface area contributed by atoms with Crippen LogP contribution < -0.4 is 4.74 Å². The Bertz CT molecular complexity index is 895. The lowest BCUT2D eigenvalue weighted by Crippen LogP contribution is -2.35. The smallest absolute Gasteiger partial charge is 0.205 e. The first-order chi connectivity index (χ1) is 11.6. The molecule has 0 amide bonds. The first-order valence-electron chi connectivity index (χ1n) is 8.14. The Kier molecular flexibility index (Phi) is 3.56. The van der Waals surface area contributed by atoms with E-state index in [1.165, 1.54) is 10.8 Å². The van der Waals surface area contributed by atoms with Gasteiger partial charge in [-0.25, -0.2) is 0 Å². The number of aliphatic hydroxyl groups excluding tert-OH is 1. The summed E-state index contributed by atoms with van der Waals surface area (Å²) in [7, 11) is 0. The Balaban J connectivity index is 1.83. The molecule has 0 saturated carbocycles. The van der Waals surface area contributed by atoms with Gasteiger partial charge < -0.3 is 14.6 Å². The molecule has 1 N–H and O–H groups in total. The third-order valence-electron chi connectivity index (χ3n) is 4.42. The summed E-state index contributed by atoms with van der Waals surface area (Å²) >= 11 is 0. The number of benzene rings is 3. The molecular formula is C21H20O3. The van der Waals surface area contributed by atoms with E-state index < -0.39 is 5.79 Å². The minimum Gasteiger partial charge on any atom is -0.462 e. The minimum absolute atomic E-state index is 0.0557. The molecule has 122 valence electrons. The van der Waals surface area contributed by atoms with Gasteiger partial charge in [0, 0.05) is 25.0 Å². The molecule has 24 heavy (non-hydrogen) atoms. The standard InChI is InChI=1S/C21H20O3/c1-21(2)23-13-19-11-17(10-18(12-22)20(19)24-21)16-8-7-14-5-3-4-6-15(14)9-16/h3-11,22H,12-13H2,1-2H3. The van der Waals surface area contributed by atoms with Crippen molar-refractivity contribution in [1.29, 1.82) is 0 Å². The Hall–Kier alpha value is -2.36. The largest absolute Gasteiger partial charge is 0.462 e. The van der Waals surface area contributed by atoms with Crippen molar-refractivity contribution in [2.24, 2.45) is 0 Å². The number of hydrogen-bond acceptors (Lipinski definition) is 3. The fourth-order valence-corrected chi connectivity index (χ4v) is 3.17. The number of hydrogen-bond donors (Lipinski definition) is 1. The van der Waals surface area contributed by atoms with Gasteiger partial charge >= 0.3 is 0 Å². The topological polar surface area (TPSA) is 38.7 Å². The molecular weight excluding hydrogens is 300 g/mol. The van der Waals surface area contributed by atoms with E-state index in [1.54, 1.807) is 0 Å². The van der Waals surface area contributed by atoms with E-state index in [9.17, 15) is 5.11 Å². The Morgan fingerprint density at radius 2 is 1.75 bits per heavy atom. The van der Waals surface area contributed by atoms with Crippen molar-refractivity contribution in [3.05, 3.63) is 65.7 Å². The lowest BCUT2D eigenvalue weighted by atomic mass is 9.96. The maximum atomic E-state index is 9.79. The lowest BCUT2D eigenvalue weighted by molar-refractivity contribution is -0.180. The molecule has 0 aliphatic carbocycles. The van der Waals surface area contributed by atoms with Gasteiger partial charge in [0.2, 0.25) is 5.79 Å². The molecule has 3 heteroatoms. The van der Waals surface area contributed by atoms with Gasteiger partial charge in [0.15, 0.2) is 0 Å². The molecule has 1 aliphatic heterocycles. The third kappa shape index (κ3) is 2.66. The molecule has 0 radical (unpaired) electrons. The number of aliphatic hydroxyl groups is 1. The molecule has 3 nitrogen and oxygen atoms in total. The van der Waals surface area contributed by atoms with Crippen LogP contribution in [-0.2, 0) is 18.0 Å². The van der Waals surface area contributed by atoms with E-state index in [0.717, 1.165) is 28.0 Å². The van der Waals surface area contributed by atoms with Crippen LogP contribution in [0.25, 0.3) is 21.9 Å². The van der Waals surface area contributed by atoms with Crippen molar-refractivity contribution in [3.8, 4) is 16.9 Å². The van der Waals surface area contributed by atoms with Crippen LogP contribution >= 0.6 is 0 Å². The highest BCUT2D eigenvalue weighted by atomic mass is 16.7. The summed E-state index contributed by atoms with van der Waals surface area (Å²) in [6.45, 7) is 4.19.